The second-order valence-corrected chi connectivity index (χ2v) is 10.3. The number of likely N-dealkylation sites (tertiary alicyclic amines) is 1. The van der Waals surface area contributed by atoms with Crippen LogP contribution in [-0.4, -0.2) is 66.0 Å². The molecule has 10 nitrogen and oxygen atoms in total. The van der Waals surface area contributed by atoms with Crippen LogP contribution in [0.1, 0.15) is 37.3 Å². The molecule has 0 bridgehead atoms. The van der Waals surface area contributed by atoms with Gasteiger partial charge >= 0.3 is 18.0 Å². The van der Waals surface area contributed by atoms with E-state index in [0.29, 0.717) is 42.7 Å². The molecule has 234 valence electrons. The average Bonchev–Trinajstić information content (AvgIpc) is 3.03. The lowest BCUT2D eigenvalue weighted by atomic mass is 9.72. The van der Waals surface area contributed by atoms with Crippen LogP contribution >= 0.6 is 0 Å². The Labute approximate surface area is 253 Å². The molecule has 0 unspecified atom stereocenters. The van der Waals surface area contributed by atoms with Gasteiger partial charge in [-0.25, -0.2) is 23.2 Å². The molecule has 1 aliphatic heterocycles. The molecule has 2 N–H and O–H groups in total. The Balaban J connectivity index is 1.28. The van der Waals surface area contributed by atoms with Crippen molar-refractivity contribution < 1.29 is 47.7 Å². The number of benzene rings is 3. The maximum Gasteiger partial charge on any atom is 0.445 e. The van der Waals surface area contributed by atoms with Crippen LogP contribution < -0.4 is 9.80 Å². The van der Waals surface area contributed by atoms with Gasteiger partial charge in [-0.15, -0.1) is 5.06 Å². The highest BCUT2D eigenvalue weighted by Crippen LogP contribution is 2.42. The standard InChI is InChI=1S/C32H34F2N2O8/c1-2-42-29(37)30(38)44-36(31(39)40)27-12-14-28(15-13-27)43-21-3-18-35-19-16-24(17-20-35)32(41,22-4-8-25(33)9-5-22)23-6-10-26(34)11-7-23/h4-15,24,41H,2-3,16-21H2,1H3,(H,39,40). The number of carbonyl (C=O) groups is 3. The van der Waals surface area contributed by atoms with Crippen LogP contribution in [0.15, 0.2) is 72.8 Å². The number of ether oxygens (including phenoxy) is 2. The summed E-state index contributed by atoms with van der Waals surface area (Å²) in [5, 5.41) is 21.6. The number of aliphatic hydroxyl groups is 1. The fourth-order valence-corrected chi connectivity index (χ4v) is 5.29. The zero-order chi connectivity index (χ0) is 31.7. The van der Waals surface area contributed by atoms with Crippen LogP contribution in [-0.2, 0) is 24.8 Å². The molecule has 0 spiro atoms. The van der Waals surface area contributed by atoms with Gasteiger partial charge in [0.15, 0.2) is 0 Å². The Morgan fingerprint density at radius 3 is 1.93 bits per heavy atom. The predicted octanol–water partition coefficient (Wildman–Crippen LogP) is 4.89. The van der Waals surface area contributed by atoms with Crippen LogP contribution in [0.25, 0.3) is 0 Å². The third-order valence-electron chi connectivity index (χ3n) is 7.50. The normalized spacial score (nSPS) is 14.1. The van der Waals surface area contributed by atoms with E-state index in [0.717, 1.165) is 19.6 Å². The zero-order valence-electron chi connectivity index (χ0n) is 24.2. The first-order chi connectivity index (χ1) is 21.1. The lowest BCUT2D eigenvalue weighted by Gasteiger charge is -2.42. The summed E-state index contributed by atoms with van der Waals surface area (Å²) < 4.78 is 37.6. The molecule has 3 aromatic carbocycles. The quantitative estimate of drug-likeness (QED) is 0.143. The summed E-state index contributed by atoms with van der Waals surface area (Å²) in [5.74, 6) is -3.26. The van der Waals surface area contributed by atoms with Gasteiger partial charge < -0.3 is 29.4 Å². The summed E-state index contributed by atoms with van der Waals surface area (Å²) in [7, 11) is 0. The smallest absolute Gasteiger partial charge is 0.445 e. The molecule has 1 saturated heterocycles. The van der Waals surface area contributed by atoms with E-state index in [1.54, 1.807) is 24.3 Å². The first-order valence-corrected chi connectivity index (χ1v) is 14.2. The average molecular weight is 613 g/mol. The number of amides is 1. The Kier molecular flexibility index (Phi) is 10.9. The van der Waals surface area contributed by atoms with Crippen molar-refractivity contribution in [3.63, 3.8) is 0 Å². The number of hydrogen-bond acceptors (Lipinski definition) is 8. The molecular weight excluding hydrogens is 578 g/mol. The number of piperidine rings is 1. The lowest BCUT2D eigenvalue weighted by Crippen LogP contribution is -2.44. The molecule has 0 aliphatic carbocycles. The molecule has 12 heteroatoms. The molecule has 44 heavy (non-hydrogen) atoms. The number of hydrogen-bond donors (Lipinski definition) is 2. The van der Waals surface area contributed by atoms with Crippen molar-refractivity contribution in [2.24, 2.45) is 5.92 Å². The Morgan fingerprint density at radius 2 is 1.43 bits per heavy atom. The van der Waals surface area contributed by atoms with Gasteiger partial charge in [-0.1, -0.05) is 24.3 Å². The first-order valence-electron chi connectivity index (χ1n) is 14.2. The minimum absolute atomic E-state index is 0.00777. The molecular formula is C32H34F2N2O8. The maximum atomic E-state index is 13.6. The molecule has 0 saturated carbocycles. The molecule has 1 amide bonds. The second-order valence-electron chi connectivity index (χ2n) is 10.3. The highest BCUT2D eigenvalue weighted by molar-refractivity contribution is 6.30. The largest absolute Gasteiger partial charge is 0.494 e. The number of carboxylic acid groups (broad SMARTS) is 1. The van der Waals surface area contributed by atoms with Crippen molar-refractivity contribution in [1.29, 1.82) is 0 Å². The van der Waals surface area contributed by atoms with Crippen LogP contribution in [0.3, 0.4) is 0 Å². The van der Waals surface area contributed by atoms with Gasteiger partial charge in [0.25, 0.3) is 0 Å². The summed E-state index contributed by atoms with van der Waals surface area (Å²) in [5.41, 5.74) is -0.276. The number of hydroxylamine groups is 1. The molecule has 0 aromatic heterocycles. The number of esters is 1. The molecule has 1 heterocycles. The summed E-state index contributed by atoms with van der Waals surface area (Å²) in [6, 6.07) is 17.3. The van der Waals surface area contributed by atoms with E-state index in [2.05, 4.69) is 14.5 Å². The number of carbonyl (C=O) groups excluding carboxylic acids is 2. The SMILES string of the molecule is CCOC(=O)C(=O)ON(C(=O)O)c1ccc(OCCCN2CCC(C(O)(c3ccc(F)cc3)c3ccc(F)cc3)CC2)cc1. The van der Waals surface area contributed by atoms with Gasteiger partial charge in [0.2, 0.25) is 0 Å². The number of anilines is 1. The zero-order valence-corrected chi connectivity index (χ0v) is 24.2. The summed E-state index contributed by atoms with van der Waals surface area (Å²) in [6.07, 6.45) is 0.446. The van der Waals surface area contributed by atoms with Crippen LogP contribution in [0, 0.1) is 17.6 Å². The Hall–Kier alpha value is -4.55. The van der Waals surface area contributed by atoms with E-state index >= 15 is 0 Å². The van der Waals surface area contributed by atoms with E-state index in [9.17, 15) is 33.4 Å². The van der Waals surface area contributed by atoms with Gasteiger partial charge in [0, 0.05) is 6.54 Å². The van der Waals surface area contributed by atoms with Crippen molar-refractivity contribution in [2.45, 2.75) is 31.8 Å². The van der Waals surface area contributed by atoms with E-state index < -0.39 is 35.3 Å². The molecule has 1 fully saturated rings. The molecule has 0 radical (unpaired) electrons. The van der Waals surface area contributed by atoms with Crippen LogP contribution in [0.2, 0.25) is 0 Å². The number of rotatable bonds is 10. The predicted molar refractivity (Wildman–Crippen MR) is 155 cm³/mol. The maximum absolute atomic E-state index is 13.6. The van der Waals surface area contributed by atoms with Gasteiger partial charge in [-0.05, 0) is 105 Å². The third kappa shape index (κ3) is 7.88. The van der Waals surface area contributed by atoms with Gasteiger partial charge in [-0.2, -0.15) is 0 Å². The number of halogens is 2. The van der Waals surface area contributed by atoms with Crippen molar-refractivity contribution in [1.82, 2.24) is 4.90 Å². The van der Waals surface area contributed by atoms with E-state index in [1.807, 2.05) is 0 Å². The summed E-state index contributed by atoms with van der Waals surface area (Å²) >= 11 is 0. The molecule has 0 atom stereocenters. The topological polar surface area (TPSA) is 126 Å². The highest BCUT2D eigenvalue weighted by atomic mass is 19.1. The minimum atomic E-state index is -1.60. The third-order valence-corrected chi connectivity index (χ3v) is 7.50. The van der Waals surface area contributed by atoms with Crippen LogP contribution in [0.4, 0.5) is 19.3 Å². The first kappa shape index (κ1) is 32.4. The van der Waals surface area contributed by atoms with E-state index in [4.69, 9.17) is 4.74 Å². The molecule has 4 rings (SSSR count). The lowest BCUT2D eigenvalue weighted by molar-refractivity contribution is -0.167. The van der Waals surface area contributed by atoms with Crippen molar-refractivity contribution in [3.05, 3.63) is 95.6 Å². The van der Waals surface area contributed by atoms with Crippen molar-refractivity contribution in [2.75, 3.05) is 37.9 Å². The van der Waals surface area contributed by atoms with E-state index in [-0.39, 0.29) is 23.3 Å². The Bertz CT molecular complexity index is 1360. The summed E-state index contributed by atoms with van der Waals surface area (Å²) in [6.45, 7) is 4.00. The highest BCUT2D eigenvalue weighted by Gasteiger charge is 2.41. The Morgan fingerprint density at radius 1 is 0.886 bits per heavy atom. The second kappa shape index (κ2) is 14.8. The monoisotopic (exact) mass is 612 g/mol. The molecule has 1 aliphatic rings. The number of nitrogens with zero attached hydrogens (tertiary/aromatic N) is 2. The van der Waals surface area contributed by atoms with E-state index in [1.165, 1.54) is 55.5 Å². The minimum Gasteiger partial charge on any atom is -0.494 e. The van der Waals surface area contributed by atoms with Crippen molar-refractivity contribution in [3.8, 4) is 5.75 Å². The van der Waals surface area contributed by atoms with Gasteiger partial charge in [-0.3, -0.25) is 0 Å². The fourth-order valence-electron chi connectivity index (χ4n) is 5.29. The van der Waals surface area contributed by atoms with Gasteiger partial charge in [0.1, 0.15) is 23.0 Å². The van der Waals surface area contributed by atoms with Crippen LogP contribution in [0.5, 0.6) is 5.75 Å². The van der Waals surface area contributed by atoms with Gasteiger partial charge in [0.05, 0.1) is 18.9 Å². The molecule has 3 aromatic rings. The summed E-state index contributed by atoms with van der Waals surface area (Å²) in [4.78, 5) is 41.6. The fraction of sp³-hybridized carbons (Fsp3) is 0.344. The van der Waals surface area contributed by atoms with Crippen molar-refractivity contribution >= 4 is 23.7 Å².